The minimum Gasteiger partial charge on any atom is -0.410 e. The third-order valence-electron chi connectivity index (χ3n) is 4.46. The van der Waals surface area contributed by atoms with Gasteiger partial charge in [-0.15, -0.1) is 0 Å². The number of nitrogens with zero attached hydrogens (tertiary/aromatic N) is 1. The lowest BCUT2D eigenvalue weighted by molar-refractivity contribution is 0.0931. The lowest BCUT2D eigenvalue weighted by Gasteiger charge is -2.31. The van der Waals surface area contributed by atoms with E-state index >= 15 is 0 Å². The van der Waals surface area contributed by atoms with Crippen molar-refractivity contribution in [2.45, 2.75) is 12.8 Å². The van der Waals surface area contributed by atoms with Crippen LogP contribution in [0, 0.1) is 5.92 Å². The predicted octanol–water partition coefficient (Wildman–Crippen LogP) is 4.09. The highest BCUT2D eigenvalue weighted by atomic mass is 79.9. The van der Waals surface area contributed by atoms with Gasteiger partial charge in [0.15, 0.2) is 0 Å². The molecule has 5 nitrogen and oxygen atoms in total. The van der Waals surface area contributed by atoms with Crippen molar-refractivity contribution >= 4 is 27.9 Å². The summed E-state index contributed by atoms with van der Waals surface area (Å²) in [5, 5.41) is 2.99. The summed E-state index contributed by atoms with van der Waals surface area (Å²) in [5.41, 5.74) is 0.642. The molecule has 1 N–H and O–H groups in total. The van der Waals surface area contributed by atoms with E-state index in [0.717, 1.165) is 17.3 Å². The van der Waals surface area contributed by atoms with Gasteiger partial charge in [0.2, 0.25) is 0 Å². The Morgan fingerprint density at radius 3 is 2.50 bits per heavy atom. The molecular weight excluding hydrogens is 396 g/mol. The van der Waals surface area contributed by atoms with E-state index in [9.17, 15) is 9.59 Å². The van der Waals surface area contributed by atoms with Gasteiger partial charge in [0, 0.05) is 29.7 Å². The lowest BCUT2D eigenvalue weighted by atomic mass is 9.97. The molecule has 2 amide bonds. The number of halogens is 1. The zero-order valence-electron chi connectivity index (χ0n) is 14.4. The summed E-state index contributed by atoms with van der Waals surface area (Å²) in [6.07, 6.45) is 1.39. The highest BCUT2D eigenvalue weighted by molar-refractivity contribution is 9.10. The van der Waals surface area contributed by atoms with Gasteiger partial charge >= 0.3 is 6.09 Å². The summed E-state index contributed by atoms with van der Waals surface area (Å²) >= 11 is 3.37. The molecular formula is C20H21BrN2O3. The number of hydrogen-bond donors (Lipinski definition) is 1. The zero-order chi connectivity index (χ0) is 18.4. The van der Waals surface area contributed by atoms with Gasteiger partial charge in [0.05, 0.1) is 0 Å². The zero-order valence-corrected chi connectivity index (χ0v) is 15.9. The summed E-state index contributed by atoms with van der Waals surface area (Å²) in [7, 11) is 0. The second-order valence-corrected chi connectivity index (χ2v) is 7.25. The Hall–Kier alpha value is -2.34. The summed E-state index contributed by atoms with van der Waals surface area (Å²) in [5.74, 6) is 0.852. The van der Waals surface area contributed by atoms with Crippen LogP contribution in [0.15, 0.2) is 59.1 Å². The van der Waals surface area contributed by atoms with Gasteiger partial charge in [0.1, 0.15) is 5.75 Å². The van der Waals surface area contributed by atoms with Crippen molar-refractivity contribution in [2.75, 3.05) is 19.6 Å². The van der Waals surface area contributed by atoms with Gasteiger partial charge in [-0.3, -0.25) is 4.79 Å². The quantitative estimate of drug-likeness (QED) is 0.816. The molecule has 0 atom stereocenters. The summed E-state index contributed by atoms with van der Waals surface area (Å²) in [4.78, 5) is 26.1. The third kappa shape index (κ3) is 5.08. The number of hydrogen-bond acceptors (Lipinski definition) is 3. The van der Waals surface area contributed by atoms with Crippen molar-refractivity contribution in [1.29, 1.82) is 0 Å². The van der Waals surface area contributed by atoms with Gasteiger partial charge < -0.3 is 15.0 Å². The fourth-order valence-corrected chi connectivity index (χ4v) is 3.34. The maximum Gasteiger partial charge on any atom is 0.415 e. The molecule has 6 heteroatoms. The first-order valence-corrected chi connectivity index (χ1v) is 9.46. The first-order chi connectivity index (χ1) is 12.6. The van der Waals surface area contributed by atoms with Gasteiger partial charge in [-0.25, -0.2) is 4.79 Å². The summed E-state index contributed by atoms with van der Waals surface area (Å²) < 4.78 is 6.25. The van der Waals surface area contributed by atoms with E-state index in [1.807, 2.05) is 30.3 Å². The van der Waals surface area contributed by atoms with E-state index in [1.165, 1.54) is 0 Å². The number of ether oxygens (including phenoxy) is 1. The molecule has 0 aliphatic carbocycles. The summed E-state index contributed by atoms with van der Waals surface area (Å²) in [6, 6.07) is 16.4. The van der Waals surface area contributed by atoms with Crippen molar-refractivity contribution < 1.29 is 14.3 Å². The van der Waals surface area contributed by atoms with Crippen LogP contribution in [0.5, 0.6) is 5.75 Å². The highest BCUT2D eigenvalue weighted by Crippen LogP contribution is 2.19. The number of carbonyl (C=O) groups is 2. The fraction of sp³-hybridized carbons (Fsp3) is 0.300. The largest absolute Gasteiger partial charge is 0.415 e. The molecule has 0 bridgehead atoms. The number of amides is 2. The smallest absolute Gasteiger partial charge is 0.410 e. The lowest BCUT2D eigenvalue weighted by Crippen LogP contribution is -2.42. The molecule has 1 fully saturated rings. The number of benzene rings is 2. The van der Waals surface area contributed by atoms with Gasteiger partial charge in [0.25, 0.3) is 5.91 Å². The number of rotatable bonds is 4. The fourth-order valence-electron chi connectivity index (χ4n) is 2.94. The van der Waals surface area contributed by atoms with E-state index < -0.39 is 0 Å². The molecule has 1 aliphatic rings. The second kappa shape index (κ2) is 8.85. The van der Waals surface area contributed by atoms with Crippen LogP contribution in [0.2, 0.25) is 0 Å². The molecule has 2 aromatic rings. The van der Waals surface area contributed by atoms with E-state index in [0.29, 0.717) is 36.9 Å². The molecule has 26 heavy (non-hydrogen) atoms. The SMILES string of the molecule is O=C(NCC1CCN(C(=O)Oc2ccccc2)CC1)c1cccc(Br)c1. The molecule has 0 saturated carbocycles. The Bertz CT molecular complexity index is 759. The monoisotopic (exact) mass is 416 g/mol. The van der Waals surface area contributed by atoms with Crippen LogP contribution in [0.4, 0.5) is 4.79 Å². The molecule has 2 aromatic carbocycles. The maximum absolute atomic E-state index is 12.2. The highest BCUT2D eigenvalue weighted by Gasteiger charge is 2.24. The third-order valence-corrected chi connectivity index (χ3v) is 4.95. The Balaban J connectivity index is 1.42. The van der Waals surface area contributed by atoms with Crippen LogP contribution >= 0.6 is 15.9 Å². The molecule has 0 aromatic heterocycles. The Morgan fingerprint density at radius 1 is 1.08 bits per heavy atom. The molecule has 0 unspecified atom stereocenters. The Kier molecular flexibility index (Phi) is 6.28. The van der Waals surface area contributed by atoms with Crippen LogP contribution in [0.3, 0.4) is 0 Å². The number of piperidine rings is 1. The minimum absolute atomic E-state index is 0.0720. The average Bonchev–Trinajstić information content (AvgIpc) is 2.67. The average molecular weight is 417 g/mol. The topological polar surface area (TPSA) is 58.6 Å². The number of para-hydroxylation sites is 1. The van der Waals surface area contributed by atoms with Gasteiger partial charge in [-0.05, 0) is 49.1 Å². The minimum atomic E-state index is -0.312. The molecule has 3 rings (SSSR count). The molecule has 136 valence electrons. The van der Waals surface area contributed by atoms with E-state index in [4.69, 9.17) is 4.74 Å². The van der Waals surface area contributed by atoms with Crippen LogP contribution in [0.1, 0.15) is 23.2 Å². The van der Waals surface area contributed by atoms with E-state index in [2.05, 4.69) is 21.2 Å². The van der Waals surface area contributed by atoms with Crippen molar-refractivity contribution in [1.82, 2.24) is 10.2 Å². The van der Waals surface area contributed by atoms with Crippen molar-refractivity contribution in [3.05, 3.63) is 64.6 Å². The van der Waals surface area contributed by atoms with Gasteiger partial charge in [-0.1, -0.05) is 40.2 Å². The Morgan fingerprint density at radius 2 is 1.81 bits per heavy atom. The van der Waals surface area contributed by atoms with Crippen LogP contribution in [-0.4, -0.2) is 36.5 Å². The van der Waals surface area contributed by atoms with Crippen molar-refractivity contribution in [3.63, 3.8) is 0 Å². The summed E-state index contributed by atoms with van der Waals surface area (Å²) in [6.45, 7) is 1.90. The molecule has 0 spiro atoms. The molecule has 1 heterocycles. The van der Waals surface area contributed by atoms with E-state index in [1.54, 1.807) is 29.2 Å². The Labute approximate surface area is 161 Å². The first-order valence-electron chi connectivity index (χ1n) is 8.67. The van der Waals surface area contributed by atoms with Gasteiger partial charge in [-0.2, -0.15) is 0 Å². The molecule has 1 saturated heterocycles. The number of nitrogens with one attached hydrogen (secondary N) is 1. The van der Waals surface area contributed by atoms with Crippen LogP contribution < -0.4 is 10.1 Å². The number of carbonyl (C=O) groups excluding carboxylic acids is 2. The van der Waals surface area contributed by atoms with E-state index in [-0.39, 0.29) is 12.0 Å². The predicted molar refractivity (Wildman–Crippen MR) is 103 cm³/mol. The maximum atomic E-state index is 12.2. The van der Waals surface area contributed by atoms with Crippen LogP contribution in [0.25, 0.3) is 0 Å². The van der Waals surface area contributed by atoms with Crippen LogP contribution in [-0.2, 0) is 0 Å². The molecule has 0 radical (unpaired) electrons. The molecule has 1 aliphatic heterocycles. The standard InChI is InChI=1S/C20H21BrN2O3/c21-17-6-4-5-16(13-17)19(24)22-14-15-9-11-23(12-10-15)20(25)26-18-7-2-1-3-8-18/h1-8,13,15H,9-12,14H2,(H,22,24). The van der Waals surface area contributed by atoms with Crippen molar-refractivity contribution in [2.24, 2.45) is 5.92 Å². The number of likely N-dealkylation sites (tertiary alicyclic amines) is 1. The normalized spacial score (nSPS) is 14.7. The van der Waals surface area contributed by atoms with Crippen molar-refractivity contribution in [3.8, 4) is 5.75 Å². The second-order valence-electron chi connectivity index (χ2n) is 6.33. The first kappa shape index (κ1) is 18.5.